The molecule has 0 unspecified atom stereocenters. The van der Waals surface area contributed by atoms with Crippen LogP contribution in [0.15, 0.2) is 12.2 Å². The van der Waals surface area contributed by atoms with Gasteiger partial charge in [0.25, 0.3) is 0 Å². The number of likely N-dealkylation sites (tertiary alicyclic amines) is 2. The molecule has 21 heavy (non-hydrogen) atoms. The van der Waals surface area contributed by atoms with E-state index in [0.29, 0.717) is 0 Å². The normalized spacial score (nSPS) is 39.4. The van der Waals surface area contributed by atoms with E-state index in [-0.39, 0.29) is 0 Å². The van der Waals surface area contributed by atoms with Crippen LogP contribution in [-0.4, -0.2) is 48.6 Å². The highest BCUT2D eigenvalue weighted by Crippen LogP contribution is 2.44. The molecule has 0 N–H and O–H groups in total. The molecule has 0 spiro atoms. The summed E-state index contributed by atoms with van der Waals surface area (Å²) in [7, 11) is 0. The number of rotatable bonds is 4. The highest BCUT2D eigenvalue weighted by Gasteiger charge is 2.37. The Kier molecular flexibility index (Phi) is 4.10. The molecule has 2 heterocycles. The van der Waals surface area contributed by atoms with Crippen molar-refractivity contribution in [3.8, 4) is 0 Å². The lowest BCUT2D eigenvalue weighted by molar-refractivity contribution is 0.0987. The Morgan fingerprint density at radius 3 is 2.38 bits per heavy atom. The van der Waals surface area contributed by atoms with Crippen LogP contribution in [0.4, 0.5) is 0 Å². The Morgan fingerprint density at radius 2 is 1.76 bits per heavy atom. The highest BCUT2D eigenvalue weighted by atomic mass is 15.2. The monoisotopic (exact) mass is 288 g/mol. The lowest BCUT2D eigenvalue weighted by Gasteiger charge is -2.39. The molecule has 1 saturated carbocycles. The van der Waals surface area contributed by atoms with Gasteiger partial charge in [0.05, 0.1) is 0 Å². The second-order valence-electron chi connectivity index (χ2n) is 8.16. The third kappa shape index (κ3) is 2.94. The van der Waals surface area contributed by atoms with Gasteiger partial charge in [0.15, 0.2) is 0 Å². The average molecular weight is 288 g/mol. The fraction of sp³-hybridized carbons (Fsp3) is 0.895. The summed E-state index contributed by atoms with van der Waals surface area (Å²) in [4.78, 5) is 5.54. The lowest BCUT2D eigenvalue weighted by Crippen LogP contribution is -2.44. The van der Waals surface area contributed by atoms with Crippen molar-refractivity contribution in [3.05, 3.63) is 12.2 Å². The zero-order chi connectivity index (χ0) is 14.2. The maximum absolute atomic E-state index is 2.78. The Bertz CT molecular complexity index is 377. The molecule has 2 bridgehead atoms. The molecule has 2 nitrogen and oxygen atoms in total. The SMILES string of the molecule is C[C@@H](C1CCN(C[C@@H]2C[C@@H]3C=C[C@H]2C3)CC1)N1CCCC1. The van der Waals surface area contributed by atoms with Gasteiger partial charge in [-0.1, -0.05) is 12.2 Å². The maximum atomic E-state index is 2.78. The number of piperidine rings is 1. The summed E-state index contributed by atoms with van der Waals surface area (Å²) in [5.74, 6) is 3.80. The molecule has 4 rings (SSSR count). The van der Waals surface area contributed by atoms with Gasteiger partial charge in [0.1, 0.15) is 0 Å². The minimum Gasteiger partial charge on any atom is -0.303 e. The summed E-state index contributed by atoms with van der Waals surface area (Å²) in [6.45, 7) is 9.32. The number of hydrogen-bond acceptors (Lipinski definition) is 2. The molecular formula is C19H32N2. The Balaban J connectivity index is 1.24. The quantitative estimate of drug-likeness (QED) is 0.732. The van der Waals surface area contributed by atoms with E-state index < -0.39 is 0 Å². The van der Waals surface area contributed by atoms with Crippen LogP contribution < -0.4 is 0 Å². The Morgan fingerprint density at radius 1 is 1.00 bits per heavy atom. The molecule has 2 aliphatic carbocycles. The average Bonchev–Trinajstić information content (AvgIpc) is 3.25. The third-order valence-electron chi connectivity index (χ3n) is 6.94. The van der Waals surface area contributed by atoms with Gasteiger partial charge >= 0.3 is 0 Å². The first-order valence-electron chi connectivity index (χ1n) is 9.44. The molecule has 3 fully saturated rings. The summed E-state index contributed by atoms with van der Waals surface area (Å²) >= 11 is 0. The molecule has 0 aromatic heterocycles. The van der Waals surface area contributed by atoms with Gasteiger partial charge in [-0.15, -0.1) is 0 Å². The molecule has 4 atom stereocenters. The standard InChI is InChI=1S/C19H32N2/c1-15(21-8-2-3-9-21)17-6-10-20(11-7-17)14-19-13-16-4-5-18(19)12-16/h4-5,15-19H,2-3,6-14H2,1H3/t15-,16+,18-,19-/m0/s1. The Labute approximate surface area is 130 Å². The zero-order valence-corrected chi connectivity index (χ0v) is 13.7. The zero-order valence-electron chi connectivity index (χ0n) is 13.7. The van der Waals surface area contributed by atoms with Crippen LogP contribution in [0, 0.1) is 23.7 Å². The number of fused-ring (bicyclic) bond motifs is 2. The summed E-state index contributed by atoms with van der Waals surface area (Å²) in [6.07, 6.45) is 13.7. The van der Waals surface area contributed by atoms with Gasteiger partial charge in [-0.2, -0.15) is 0 Å². The first-order valence-corrected chi connectivity index (χ1v) is 9.44. The van der Waals surface area contributed by atoms with Crippen LogP contribution >= 0.6 is 0 Å². The summed E-state index contributed by atoms with van der Waals surface area (Å²) < 4.78 is 0. The van der Waals surface area contributed by atoms with Crippen molar-refractivity contribution >= 4 is 0 Å². The van der Waals surface area contributed by atoms with E-state index >= 15 is 0 Å². The molecule has 2 saturated heterocycles. The van der Waals surface area contributed by atoms with Crippen molar-refractivity contribution in [2.75, 3.05) is 32.7 Å². The van der Waals surface area contributed by atoms with Crippen LogP contribution in [-0.2, 0) is 0 Å². The van der Waals surface area contributed by atoms with E-state index in [4.69, 9.17) is 0 Å². The topological polar surface area (TPSA) is 6.48 Å². The second kappa shape index (κ2) is 6.04. The Hall–Kier alpha value is -0.340. The minimum absolute atomic E-state index is 0.833. The number of nitrogens with zero attached hydrogens (tertiary/aromatic N) is 2. The second-order valence-corrected chi connectivity index (χ2v) is 8.16. The van der Waals surface area contributed by atoms with E-state index in [2.05, 4.69) is 28.9 Å². The molecule has 0 aromatic rings. The highest BCUT2D eigenvalue weighted by molar-refractivity contribution is 5.10. The van der Waals surface area contributed by atoms with Crippen LogP contribution in [0.25, 0.3) is 0 Å². The van der Waals surface area contributed by atoms with Crippen molar-refractivity contribution in [2.24, 2.45) is 23.7 Å². The number of hydrogen-bond donors (Lipinski definition) is 0. The van der Waals surface area contributed by atoms with Crippen molar-refractivity contribution < 1.29 is 0 Å². The molecule has 4 aliphatic rings. The smallest absolute Gasteiger partial charge is 0.00961 e. The molecular weight excluding hydrogens is 256 g/mol. The molecule has 0 amide bonds. The van der Waals surface area contributed by atoms with E-state index in [1.807, 2.05) is 0 Å². The van der Waals surface area contributed by atoms with E-state index in [1.54, 1.807) is 0 Å². The largest absolute Gasteiger partial charge is 0.303 e. The summed E-state index contributed by atoms with van der Waals surface area (Å²) in [5.41, 5.74) is 0. The fourth-order valence-electron chi connectivity index (χ4n) is 5.50. The summed E-state index contributed by atoms with van der Waals surface area (Å²) in [5, 5.41) is 0. The predicted molar refractivity (Wildman–Crippen MR) is 88.3 cm³/mol. The van der Waals surface area contributed by atoms with Crippen molar-refractivity contribution in [1.29, 1.82) is 0 Å². The van der Waals surface area contributed by atoms with Crippen molar-refractivity contribution in [2.45, 2.75) is 51.5 Å². The molecule has 118 valence electrons. The lowest BCUT2D eigenvalue weighted by atomic mass is 9.87. The third-order valence-corrected chi connectivity index (χ3v) is 6.94. The van der Waals surface area contributed by atoms with Crippen LogP contribution in [0.2, 0.25) is 0 Å². The molecule has 0 radical (unpaired) electrons. The van der Waals surface area contributed by atoms with Crippen molar-refractivity contribution in [1.82, 2.24) is 9.80 Å². The first-order chi connectivity index (χ1) is 10.3. The van der Waals surface area contributed by atoms with Crippen LogP contribution in [0.3, 0.4) is 0 Å². The molecule has 2 heteroatoms. The molecule has 0 aromatic carbocycles. The van der Waals surface area contributed by atoms with Gasteiger partial charge < -0.3 is 9.80 Å². The van der Waals surface area contributed by atoms with Gasteiger partial charge in [-0.05, 0) is 95.3 Å². The van der Waals surface area contributed by atoms with Crippen molar-refractivity contribution in [3.63, 3.8) is 0 Å². The summed E-state index contributed by atoms with van der Waals surface area (Å²) in [6, 6.07) is 0.833. The molecule has 2 aliphatic heterocycles. The predicted octanol–water partition coefficient (Wildman–Crippen LogP) is 3.39. The first kappa shape index (κ1) is 14.3. The van der Waals surface area contributed by atoms with E-state index in [0.717, 1.165) is 29.7 Å². The van der Waals surface area contributed by atoms with Gasteiger partial charge in [0.2, 0.25) is 0 Å². The van der Waals surface area contributed by atoms with Gasteiger partial charge in [-0.3, -0.25) is 0 Å². The maximum Gasteiger partial charge on any atom is 0.00961 e. The minimum atomic E-state index is 0.833. The van der Waals surface area contributed by atoms with Gasteiger partial charge in [0, 0.05) is 12.6 Å². The van der Waals surface area contributed by atoms with Crippen LogP contribution in [0.1, 0.15) is 45.4 Å². The van der Waals surface area contributed by atoms with E-state index in [1.165, 1.54) is 71.2 Å². The fourth-order valence-corrected chi connectivity index (χ4v) is 5.50. The van der Waals surface area contributed by atoms with E-state index in [9.17, 15) is 0 Å². The number of allylic oxidation sites excluding steroid dienone is 2. The van der Waals surface area contributed by atoms with Gasteiger partial charge in [-0.25, -0.2) is 0 Å². The van der Waals surface area contributed by atoms with Crippen LogP contribution in [0.5, 0.6) is 0 Å².